The zero-order valence-corrected chi connectivity index (χ0v) is 13.7. The molecule has 3 aromatic rings. The van der Waals surface area contributed by atoms with Crippen molar-refractivity contribution in [1.29, 1.82) is 0 Å². The molecule has 0 spiro atoms. The topological polar surface area (TPSA) is 46.3 Å². The van der Waals surface area contributed by atoms with Crippen molar-refractivity contribution in [3.63, 3.8) is 0 Å². The summed E-state index contributed by atoms with van der Waals surface area (Å²) in [6.07, 6.45) is 0.234. The average molecular weight is 308 g/mol. The Bertz CT molecular complexity index is 851. The van der Waals surface area contributed by atoms with Gasteiger partial charge in [-0.1, -0.05) is 23.4 Å². The van der Waals surface area contributed by atoms with Gasteiger partial charge in [0.05, 0.1) is 6.42 Å². The van der Waals surface area contributed by atoms with Crippen LogP contribution in [-0.2, 0) is 11.2 Å². The molecule has 0 aliphatic carbocycles. The van der Waals surface area contributed by atoms with Crippen molar-refractivity contribution in [2.75, 3.05) is 11.4 Å². The van der Waals surface area contributed by atoms with E-state index in [1.54, 1.807) is 4.90 Å². The highest BCUT2D eigenvalue weighted by Crippen LogP contribution is 2.22. The zero-order chi connectivity index (χ0) is 16.4. The third-order valence-corrected chi connectivity index (χ3v) is 4.19. The minimum absolute atomic E-state index is 0.0230. The number of aromatic nitrogens is 1. The Morgan fingerprint density at radius 1 is 1.13 bits per heavy atom. The number of hydrogen-bond donors (Lipinski definition) is 0. The Morgan fingerprint density at radius 2 is 1.91 bits per heavy atom. The first-order valence-corrected chi connectivity index (χ1v) is 7.81. The SMILES string of the molecule is CCN(C(=O)Cc1noc2ccccc12)c1ccc(C)c(C)c1. The monoisotopic (exact) mass is 308 g/mol. The Labute approximate surface area is 135 Å². The normalized spacial score (nSPS) is 10.9. The quantitative estimate of drug-likeness (QED) is 0.730. The number of benzene rings is 2. The summed E-state index contributed by atoms with van der Waals surface area (Å²) in [5.41, 5.74) is 4.73. The van der Waals surface area contributed by atoms with E-state index in [0.717, 1.165) is 11.1 Å². The van der Waals surface area contributed by atoms with Crippen LogP contribution in [-0.4, -0.2) is 17.6 Å². The first kappa shape index (κ1) is 15.3. The van der Waals surface area contributed by atoms with E-state index in [4.69, 9.17) is 4.52 Å². The molecule has 0 saturated heterocycles. The number of carbonyl (C=O) groups excluding carboxylic acids is 1. The zero-order valence-electron chi connectivity index (χ0n) is 13.7. The molecule has 0 aliphatic rings. The third kappa shape index (κ3) is 2.97. The minimum atomic E-state index is 0.0230. The molecule has 0 saturated carbocycles. The van der Waals surface area contributed by atoms with Gasteiger partial charge >= 0.3 is 0 Å². The third-order valence-electron chi connectivity index (χ3n) is 4.19. The van der Waals surface area contributed by atoms with Crippen LogP contribution in [0.25, 0.3) is 11.0 Å². The number of rotatable bonds is 4. The van der Waals surface area contributed by atoms with Crippen molar-refractivity contribution in [1.82, 2.24) is 5.16 Å². The molecule has 0 unspecified atom stereocenters. The number of likely N-dealkylation sites (N-methyl/N-ethyl adjacent to an activating group) is 1. The number of hydrogen-bond acceptors (Lipinski definition) is 3. The van der Waals surface area contributed by atoms with Crippen molar-refractivity contribution >= 4 is 22.6 Å². The minimum Gasteiger partial charge on any atom is -0.356 e. The first-order chi connectivity index (χ1) is 11.1. The number of amides is 1. The van der Waals surface area contributed by atoms with Crippen LogP contribution >= 0.6 is 0 Å². The lowest BCUT2D eigenvalue weighted by Crippen LogP contribution is -2.32. The van der Waals surface area contributed by atoms with Crippen molar-refractivity contribution in [2.45, 2.75) is 27.2 Å². The number of anilines is 1. The van der Waals surface area contributed by atoms with Gasteiger partial charge in [-0.3, -0.25) is 4.79 Å². The summed E-state index contributed by atoms with van der Waals surface area (Å²) in [4.78, 5) is 14.5. The maximum Gasteiger partial charge on any atom is 0.233 e. The van der Waals surface area contributed by atoms with Crippen LogP contribution in [0, 0.1) is 13.8 Å². The molecule has 0 atom stereocenters. The maximum absolute atomic E-state index is 12.7. The van der Waals surface area contributed by atoms with Crippen LogP contribution in [0.5, 0.6) is 0 Å². The molecule has 1 amide bonds. The van der Waals surface area contributed by atoms with E-state index in [2.05, 4.69) is 25.1 Å². The summed E-state index contributed by atoms with van der Waals surface area (Å²) in [6, 6.07) is 13.7. The fraction of sp³-hybridized carbons (Fsp3) is 0.263. The number of para-hydroxylation sites is 1. The average Bonchev–Trinajstić information content (AvgIpc) is 2.95. The van der Waals surface area contributed by atoms with Crippen molar-refractivity contribution in [3.05, 3.63) is 59.3 Å². The molecule has 4 nitrogen and oxygen atoms in total. The lowest BCUT2D eigenvalue weighted by Gasteiger charge is -2.21. The van der Waals surface area contributed by atoms with E-state index in [1.165, 1.54) is 11.1 Å². The van der Waals surface area contributed by atoms with Gasteiger partial charge in [0.15, 0.2) is 5.58 Å². The van der Waals surface area contributed by atoms with Crippen molar-refractivity contribution in [3.8, 4) is 0 Å². The van der Waals surface area contributed by atoms with Gasteiger partial charge in [0.2, 0.25) is 5.91 Å². The second-order valence-electron chi connectivity index (χ2n) is 5.71. The molecule has 1 aromatic heterocycles. The number of nitrogens with zero attached hydrogens (tertiary/aromatic N) is 2. The van der Waals surface area contributed by atoms with Crippen LogP contribution in [0.2, 0.25) is 0 Å². The highest BCUT2D eigenvalue weighted by molar-refractivity contribution is 5.96. The van der Waals surface area contributed by atoms with Crippen LogP contribution in [0.3, 0.4) is 0 Å². The first-order valence-electron chi connectivity index (χ1n) is 7.81. The Morgan fingerprint density at radius 3 is 2.65 bits per heavy atom. The number of fused-ring (bicyclic) bond motifs is 1. The van der Waals surface area contributed by atoms with Crippen LogP contribution < -0.4 is 4.90 Å². The van der Waals surface area contributed by atoms with E-state index in [9.17, 15) is 4.79 Å². The molecule has 0 bridgehead atoms. The standard InChI is InChI=1S/C19H20N2O2/c1-4-21(15-10-9-13(2)14(3)11-15)19(22)12-17-16-7-5-6-8-18(16)23-20-17/h5-11H,4,12H2,1-3H3. The largest absolute Gasteiger partial charge is 0.356 e. The highest BCUT2D eigenvalue weighted by Gasteiger charge is 2.18. The highest BCUT2D eigenvalue weighted by atomic mass is 16.5. The predicted octanol–water partition coefficient (Wildman–Crippen LogP) is 4.04. The second-order valence-corrected chi connectivity index (χ2v) is 5.71. The molecule has 23 heavy (non-hydrogen) atoms. The summed E-state index contributed by atoms with van der Waals surface area (Å²) in [6.45, 7) is 6.73. The van der Waals surface area contributed by atoms with Gasteiger partial charge in [-0.25, -0.2) is 0 Å². The Kier molecular flexibility index (Phi) is 4.15. The van der Waals surface area contributed by atoms with Gasteiger partial charge in [0.25, 0.3) is 0 Å². The molecular weight excluding hydrogens is 288 g/mol. The lowest BCUT2D eigenvalue weighted by atomic mass is 10.1. The summed E-state index contributed by atoms with van der Waals surface area (Å²) in [5.74, 6) is 0.0230. The van der Waals surface area contributed by atoms with Gasteiger partial charge < -0.3 is 9.42 Å². The summed E-state index contributed by atoms with van der Waals surface area (Å²) < 4.78 is 5.28. The van der Waals surface area contributed by atoms with Crippen molar-refractivity contribution in [2.24, 2.45) is 0 Å². The summed E-state index contributed by atoms with van der Waals surface area (Å²) in [7, 11) is 0. The molecule has 2 aromatic carbocycles. The van der Waals surface area contributed by atoms with E-state index in [-0.39, 0.29) is 12.3 Å². The summed E-state index contributed by atoms with van der Waals surface area (Å²) >= 11 is 0. The Balaban J connectivity index is 1.86. The van der Waals surface area contributed by atoms with Gasteiger partial charge in [-0.15, -0.1) is 0 Å². The van der Waals surface area contributed by atoms with E-state index in [1.807, 2.05) is 43.3 Å². The molecular formula is C19H20N2O2. The van der Waals surface area contributed by atoms with E-state index in [0.29, 0.717) is 17.8 Å². The van der Waals surface area contributed by atoms with Gasteiger partial charge in [0, 0.05) is 17.6 Å². The van der Waals surface area contributed by atoms with Crippen LogP contribution in [0.1, 0.15) is 23.7 Å². The Hall–Kier alpha value is -2.62. The summed E-state index contributed by atoms with van der Waals surface area (Å²) in [5, 5.41) is 4.95. The fourth-order valence-corrected chi connectivity index (χ4v) is 2.70. The second kappa shape index (κ2) is 6.24. The maximum atomic E-state index is 12.7. The van der Waals surface area contributed by atoms with E-state index < -0.39 is 0 Å². The molecule has 0 N–H and O–H groups in total. The predicted molar refractivity (Wildman–Crippen MR) is 91.7 cm³/mol. The van der Waals surface area contributed by atoms with E-state index >= 15 is 0 Å². The molecule has 0 radical (unpaired) electrons. The van der Waals surface area contributed by atoms with Crippen LogP contribution in [0.15, 0.2) is 47.0 Å². The molecule has 4 heteroatoms. The van der Waals surface area contributed by atoms with Crippen LogP contribution in [0.4, 0.5) is 5.69 Å². The molecule has 118 valence electrons. The van der Waals surface area contributed by atoms with Gasteiger partial charge in [-0.05, 0) is 56.2 Å². The number of aryl methyl sites for hydroxylation is 2. The lowest BCUT2D eigenvalue weighted by molar-refractivity contribution is -0.118. The molecule has 0 aliphatic heterocycles. The molecule has 0 fully saturated rings. The molecule has 3 rings (SSSR count). The van der Waals surface area contributed by atoms with Gasteiger partial charge in [0.1, 0.15) is 5.69 Å². The molecule has 1 heterocycles. The fourth-order valence-electron chi connectivity index (χ4n) is 2.70. The van der Waals surface area contributed by atoms with Crippen molar-refractivity contribution < 1.29 is 9.32 Å². The van der Waals surface area contributed by atoms with Gasteiger partial charge in [-0.2, -0.15) is 0 Å². The number of carbonyl (C=O) groups is 1. The smallest absolute Gasteiger partial charge is 0.233 e.